The Balaban J connectivity index is 3.07. The molecule has 1 nitrogen and oxygen atoms in total. The molecule has 0 saturated heterocycles. The summed E-state index contributed by atoms with van der Waals surface area (Å²) in [5.41, 5.74) is 7.78. The Hall–Kier alpha value is -0.470. The molecule has 0 aliphatic heterocycles. The van der Waals surface area contributed by atoms with Gasteiger partial charge in [0, 0.05) is 11.4 Å². The lowest BCUT2D eigenvalue weighted by Crippen LogP contribution is -1.97. The van der Waals surface area contributed by atoms with Crippen LogP contribution in [-0.2, 0) is 6.54 Å². The van der Waals surface area contributed by atoms with E-state index >= 15 is 0 Å². The lowest BCUT2D eigenvalue weighted by molar-refractivity contribution is 1.02. The Bertz CT molecular complexity index is 233. The van der Waals surface area contributed by atoms with E-state index in [1.165, 1.54) is 5.56 Å². The molecule has 0 heterocycles. The van der Waals surface area contributed by atoms with Gasteiger partial charge in [0.2, 0.25) is 0 Å². The van der Waals surface area contributed by atoms with E-state index in [-0.39, 0.29) is 0 Å². The highest BCUT2D eigenvalue weighted by Crippen LogP contribution is 2.14. The van der Waals surface area contributed by atoms with Gasteiger partial charge in [-0.05, 0) is 18.6 Å². The zero-order valence-corrected chi connectivity index (χ0v) is 6.86. The monoisotopic (exact) mass is 153 g/mol. The Morgan fingerprint density at radius 2 is 2.20 bits per heavy atom. The second-order valence-corrected chi connectivity index (χ2v) is 2.82. The molecule has 0 fully saturated rings. The summed E-state index contributed by atoms with van der Waals surface area (Å²) in [6, 6.07) is 6.07. The molecule has 1 aromatic carbocycles. The highest BCUT2D eigenvalue weighted by Gasteiger charge is 1.94. The third kappa shape index (κ3) is 1.52. The number of thiol groups is 1. The third-order valence-corrected chi connectivity index (χ3v) is 1.88. The molecule has 2 N–H and O–H groups in total. The van der Waals surface area contributed by atoms with Crippen LogP contribution < -0.4 is 5.73 Å². The average molecular weight is 153 g/mol. The number of hydrogen-bond donors (Lipinski definition) is 2. The Morgan fingerprint density at radius 3 is 2.70 bits per heavy atom. The van der Waals surface area contributed by atoms with Gasteiger partial charge in [0.1, 0.15) is 0 Å². The Morgan fingerprint density at radius 1 is 1.50 bits per heavy atom. The first-order valence-electron chi connectivity index (χ1n) is 3.22. The zero-order chi connectivity index (χ0) is 7.56. The van der Waals surface area contributed by atoms with Gasteiger partial charge in [-0.25, -0.2) is 0 Å². The predicted octanol–water partition coefficient (Wildman–Crippen LogP) is 1.74. The van der Waals surface area contributed by atoms with Crippen molar-refractivity contribution in [3.05, 3.63) is 29.3 Å². The fraction of sp³-hybridized carbons (Fsp3) is 0.250. The van der Waals surface area contributed by atoms with Gasteiger partial charge < -0.3 is 5.73 Å². The van der Waals surface area contributed by atoms with Crippen LogP contribution in [0, 0.1) is 6.92 Å². The van der Waals surface area contributed by atoms with Crippen LogP contribution in [0.2, 0.25) is 0 Å². The maximum atomic E-state index is 5.45. The van der Waals surface area contributed by atoms with Crippen molar-refractivity contribution in [2.24, 2.45) is 5.73 Å². The molecule has 1 rings (SSSR count). The SMILES string of the molecule is Cc1ccc(CN)c(S)c1. The van der Waals surface area contributed by atoms with Crippen molar-refractivity contribution in [3.8, 4) is 0 Å². The van der Waals surface area contributed by atoms with E-state index in [1.807, 2.05) is 25.1 Å². The van der Waals surface area contributed by atoms with Gasteiger partial charge in [0.05, 0.1) is 0 Å². The van der Waals surface area contributed by atoms with Crippen molar-refractivity contribution in [2.75, 3.05) is 0 Å². The second-order valence-electron chi connectivity index (χ2n) is 2.34. The van der Waals surface area contributed by atoms with Crippen molar-refractivity contribution >= 4 is 12.6 Å². The second kappa shape index (κ2) is 3.08. The molecule has 2 heteroatoms. The fourth-order valence-electron chi connectivity index (χ4n) is 0.846. The molecule has 0 atom stereocenters. The fourth-order valence-corrected chi connectivity index (χ4v) is 1.22. The maximum Gasteiger partial charge on any atom is 0.0189 e. The van der Waals surface area contributed by atoms with E-state index in [4.69, 9.17) is 5.73 Å². The Labute approximate surface area is 66.7 Å². The van der Waals surface area contributed by atoms with Crippen LogP contribution in [0.5, 0.6) is 0 Å². The standard InChI is InChI=1S/C8H11NS/c1-6-2-3-7(5-9)8(10)4-6/h2-4,10H,5,9H2,1H3. The van der Waals surface area contributed by atoms with Gasteiger partial charge >= 0.3 is 0 Å². The molecule has 0 bridgehead atoms. The summed E-state index contributed by atoms with van der Waals surface area (Å²) in [7, 11) is 0. The number of nitrogens with two attached hydrogens (primary N) is 1. The molecule has 54 valence electrons. The van der Waals surface area contributed by atoms with Crippen LogP contribution >= 0.6 is 12.6 Å². The Kier molecular flexibility index (Phi) is 2.35. The molecule has 10 heavy (non-hydrogen) atoms. The lowest BCUT2D eigenvalue weighted by Gasteiger charge is -2.01. The summed E-state index contributed by atoms with van der Waals surface area (Å²) in [5.74, 6) is 0. The zero-order valence-electron chi connectivity index (χ0n) is 5.96. The first-order chi connectivity index (χ1) is 4.74. The van der Waals surface area contributed by atoms with Gasteiger partial charge in [0.15, 0.2) is 0 Å². The van der Waals surface area contributed by atoms with Crippen LogP contribution in [0.15, 0.2) is 23.1 Å². The quantitative estimate of drug-likeness (QED) is 0.590. The highest BCUT2D eigenvalue weighted by molar-refractivity contribution is 7.80. The van der Waals surface area contributed by atoms with Crippen LogP contribution in [0.25, 0.3) is 0 Å². The normalized spacial score (nSPS) is 9.90. The summed E-state index contributed by atoms with van der Waals surface area (Å²) < 4.78 is 0. The van der Waals surface area contributed by atoms with E-state index in [0.29, 0.717) is 6.54 Å². The van der Waals surface area contributed by atoms with E-state index < -0.39 is 0 Å². The van der Waals surface area contributed by atoms with E-state index in [9.17, 15) is 0 Å². The number of hydrogen-bond acceptors (Lipinski definition) is 2. The van der Waals surface area contributed by atoms with Crippen molar-refractivity contribution in [1.82, 2.24) is 0 Å². The smallest absolute Gasteiger partial charge is 0.0189 e. The average Bonchev–Trinajstić information content (AvgIpc) is 1.88. The molecule has 0 aliphatic carbocycles. The van der Waals surface area contributed by atoms with E-state index in [0.717, 1.165) is 10.5 Å². The van der Waals surface area contributed by atoms with Crippen LogP contribution in [0.1, 0.15) is 11.1 Å². The number of benzene rings is 1. The van der Waals surface area contributed by atoms with Crippen molar-refractivity contribution in [3.63, 3.8) is 0 Å². The molecular weight excluding hydrogens is 142 g/mol. The molecule has 0 aromatic heterocycles. The molecule has 0 spiro atoms. The van der Waals surface area contributed by atoms with Crippen LogP contribution in [0.4, 0.5) is 0 Å². The van der Waals surface area contributed by atoms with Gasteiger partial charge in [-0.15, -0.1) is 12.6 Å². The first kappa shape index (κ1) is 7.63. The van der Waals surface area contributed by atoms with E-state index in [1.54, 1.807) is 0 Å². The molecule has 0 amide bonds. The minimum absolute atomic E-state index is 0.569. The summed E-state index contributed by atoms with van der Waals surface area (Å²) in [4.78, 5) is 0.988. The number of rotatable bonds is 1. The van der Waals surface area contributed by atoms with Crippen LogP contribution in [0.3, 0.4) is 0 Å². The molecular formula is C8H11NS. The van der Waals surface area contributed by atoms with Gasteiger partial charge in [-0.1, -0.05) is 17.7 Å². The maximum absolute atomic E-state index is 5.45. The molecule has 0 aliphatic rings. The van der Waals surface area contributed by atoms with Gasteiger partial charge in [-0.2, -0.15) is 0 Å². The predicted molar refractivity (Wildman–Crippen MR) is 46.3 cm³/mol. The topological polar surface area (TPSA) is 26.0 Å². The largest absolute Gasteiger partial charge is 0.326 e. The summed E-state index contributed by atoms with van der Waals surface area (Å²) in [6.07, 6.45) is 0. The molecule has 0 unspecified atom stereocenters. The summed E-state index contributed by atoms with van der Waals surface area (Å²) >= 11 is 4.27. The van der Waals surface area contributed by atoms with Gasteiger partial charge in [-0.3, -0.25) is 0 Å². The first-order valence-corrected chi connectivity index (χ1v) is 3.67. The molecule has 0 saturated carbocycles. The van der Waals surface area contributed by atoms with E-state index in [2.05, 4.69) is 12.6 Å². The summed E-state index contributed by atoms with van der Waals surface area (Å²) in [5, 5.41) is 0. The minimum atomic E-state index is 0.569. The van der Waals surface area contributed by atoms with Gasteiger partial charge in [0.25, 0.3) is 0 Å². The van der Waals surface area contributed by atoms with Crippen molar-refractivity contribution < 1.29 is 0 Å². The number of aryl methyl sites for hydroxylation is 1. The minimum Gasteiger partial charge on any atom is -0.326 e. The van der Waals surface area contributed by atoms with Crippen molar-refractivity contribution in [2.45, 2.75) is 18.4 Å². The lowest BCUT2D eigenvalue weighted by atomic mass is 10.1. The molecule has 1 aromatic rings. The third-order valence-electron chi connectivity index (χ3n) is 1.46. The molecule has 0 radical (unpaired) electrons. The highest BCUT2D eigenvalue weighted by atomic mass is 32.1. The van der Waals surface area contributed by atoms with Crippen molar-refractivity contribution in [1.29, 1.82) is 0 Å². The van der Waals surface area contributed by atoms with Crippen LogP contribution in [-0.4, -0.2) is 0 Å². The summed E-state index contributed by atoms with van der Waals surface area (Å²) in [6.45, 7) is 2.61.